The number of benzene rings is 1. The molecule has 132 valence electrons. The van der Waals surface area contributed by atoms with Crippen LogP contribution >= 0.6 is 11.6 Å². The molecular weight excluding hydrogens is 336 g/mol. The number of fused-ring (bicyclic) bond motifs is 1. The van der Waals surface area contributed by atoms with Crippen LogP contribution in [-0.4, -0.2) is 26.3 Å². The van der Waals surface area contributed by atoms with Crippen molar-refractivity contribution < 1.29 is 0 Å². The van der Waals surface area contributed by atoms with Gasteiger partial charge in [0, 0.05) is 25.2 Å². The van der Waals surface area contributed by atoms with Gasteiger partial charge in [0.15, 0.2) is 5.65 Å². The number of aromatic nitrogens is 4. The highest BCUT2D eigenvalue weighted by molar-refractivity contribution is 6.31. The quantitative estimate of drug-likeness (QED) is 0.621. The van der Waals surface area contributed by atoms with Crippen LogP contribution in [0, 0.1) is 6.92 Å². The minimum Gasteiger partial charge on any atom is -0.365 e. The summed E-state index contributed by atoms with van der Waals surface area (Å²) in [5.74, 6) is 1.39. The van der Waals surface area contributed by atoms with Crippen LogP contribution in [0.3, 0.4) is 0 Å². The van der Waals surface area contributed by atoms with Crippen molar-refractivity contribution in [1.82, 2.24) is 19.7 Å². The second-order valence-electron chi connectivity index (χ2n) is 6.12. The van der Waals surface area contributed by atoms with Crippen LogP contribution in [0.25, 0.3) is 11.0 Å². The molecule has 0 amide bonds. The Morgan fingerprint density at radius 2 is 2.04 bits per heavy atom. The monoisotopic (exact) mass is 358 g/mol. The fourth-order valence-corrected chi connectivity index (χ4v) is 2.75. The van der Waals surface area contributed by atoms with Gasteiger partial charge in [0.1, 0.15) is 5.82 Å². The largest absolute Gasteiger partial charge is 0.365 e. The van der Waals surface area contributed by atoms with E-state index in [1.54, 1.807) is 10.9 Å². The van der Waals surface area contributed by atoms with Crippen LogP contribution in [0.15, 0.2) is 24.4 Å². The lowest BCUT2D eigenvalue weighted by atomic mass is 10.1. The molecule has 0 spiro atoms. The molecule has 0 atom stereocenters. The summed E-state index contributed by atoms with van der Waals surface area (Å²) in [6.07, 6.45) is 3.99. The minimum absolute atomic E-state index is 0.619. The van der Waals surface area contributed by atoms with Gasteiger partial charge in [0.2, 0.25) is 5.95 Å². The van der Waals surface area contributed by atoms with E-state index >= 15 is 0 Å². The van der Waals surface area contributed by atoms with Gasteiger partial charge in [-0.05, 0) is 30.5 Å². The third-order valence-corrected chi connectivity index (χ3v) is 4.51. The molecule has 2 aromatic heterocycles. The van der Waals surface area contributed by atoms with Gasteiger partial charge in [-0.25, -0.2) is 0 Å². The fourth-order valence-electron chi connectivity index (χ4n) is 2.55. The zero-order chi connectivity index (χ0) is 17.8. The SMILES string of the molecule is CCCCNc1nc(NCc2ccc(C)c(Cl)c2)c2cnn(C)c2n1. The topological polar surface area (TPSA) is 67.7 Å². The average Bonchev–Trinajstić information content (AvgIpc) is 2.97. The van der Waals surface area contributed by atoms with E-state index in [4.69, 9.17) is 11.6 Å². The van der Waals surface area contributed by atoms with E-state index in [1.165, 1.54) is 0 Å². The van der Waals surface area contributed by atoms with Crippen LogP contribution in [0.4, 0.5) is 11.8 Å². The normalized spacial score (nSPS) is 11.0. The minimum atomic E-state index is 0.619. The Morgan fingerprint density at radius 3 is 2.80 bits per heavy atom. The molecule has 3 aromatic rings. The molecule has 6 nitrogen and oxygen atoms in total. The van der Waals surface area contributed by atoms with Gasteiger partial charge < -0.3 is 10.6 Å². The first-order chi connectivity index (χ1) is 12.1. The number of nitrogens with one attached hydrogen (secondary N) is 2. The van der Waals surface area contributed by atoms with Gasteiger partial charge in [-0.1, -0.05) is 37.1 Å². The molecule has 0 saturated heterocycles. The van der Waals surface area contributed by atoms with Crippen molar-refractivity contribution in [2.75, 3.05) is 17.2 Å². The van der Waals surface area contributed by atoms with Crippen molar-refractivity contribution >= 4 is 34.4 Å². The Labute approximate surface area is 152 Å². The first-order valence-electron chi connectivity index (χ1n) is 8.51. The van der Waals surface area contributed by atoms with Crippen molar-refractivity contribution in [3.63, 3.8) is 0 Å². The number of halogens is 1. The highest BCUT2D eigenvalue weighted by Gasteiger charge is 2.11. The molecule has 0 aliphatic rings. The molecule has 25 heavy (non-hydrogen) atoms. The maximum atomic E-state index is 6.21. The molecule has 2 N–H and O–H groups in total. The molecule has 0 bridgehead atoms. The Hall–Kier alpha value is -2.34. The predicted octanol–water partition coefficient (Wildman–Crippen LogP) is 4.15. The maximum Gasteiger partial charge on any atom is 0.226 e. The molecule has 0 aliphatic heterocycles. The Morgan fingerprint density at radius 1 is 1.20 bits per heavy atom. The van der Waals surface area contributed by atoms with Gasteiger partial charge >= 0.3 is 0 Å². The summed E-state index contributed by atoms with van der Waals surface area (Å²) in [5.41, 5.74) is 2.98. The summed E-state index contributed by atoms with van der Waals surface area (Å²) in [4.78, 5) is 9.19. The van der Waals surface area contributed by atoms with E-state index in [2.05, 4.69) is 38.7 Å². The van der Waals surface area contributed by atoms with Crippen molar-refractivity contribution in [1.29, 1.82) is 0 Å². The summed E-state index contributed by atoms with van der Waals surface area (Å²) >= 11 is 6.21. The van der Waals surface area contributed by atoms with Crippen molar-refractivity contribution in [3.05, 3.63) is 40.5 Å². The van der Waals surface area contributed by atoms with Gasteiger partial charge in [0.25, 0.3) is 0 Å². The van der Waals surface area contributed by atoms with Gasteiger partial charge in [-0.3, -0.25) is 4.68 Å². The zero-order valence-corrected chi connectivity index (χ0v) is 15.6. The fraction of sp³-hybridized carbons (Fsp3) is 0.389. The number of nitrogens with zero attached hydrogens (tertiary/aromatic N) is 4. The lowest BCUT2D eigenvalue weighted by molar-refractivity contribution is 0.783. The summed E-state index contributed by atoms with van der Waals surface area (Å²) < 4.78 is 1.76. The number of unbranched alkanes of at least 4 members (excludes halogenated alkanes) is 1. The van der Waals surface area contributed by atoms with Crippen LogP contribution in [-0.2, 0) is 13.6 Å². The van der Waals surface area contributed by atoms with E-state index in [1.807, 2.05) is 26.1 Å². The summed E-state index contributed by atoms with van der Waals surface area (Å²) in [5, 5.41) is 12.7. The Kier molecular flexibility index (Phi) is 5.38. The molecular formula is C18H23ClN6. The van der Waals surface area contributed by atoms with E-state index in [9.17, 15) is 0 Å². The van der Waals surface area contributed by atoms with Crippen molar-refractivity contribution in [2.45, 2.75) is 33.2 Å². The van der Waals surface area contributed by atoms with E-state index in [-0.39, 0.29) is 0 Å². The van der Waals surface area contributed by atoms with E-state index < -0.39 is 0 Å². The van der Waals surface area contributed by atoms with E-state index in [0.29, 0.717) is 12.5 Å². The first kappa shape index (κ1) is 17.5. The smallest absolute Gasteiger partial charge is 0.226 e. The molecule has 7 heteroatoms. The second kappa shape index (κ2) is 7.70. The average molecular weight is 359 g/mol. The number of aryl methyl sites for hydroxylation is 2. The Bertz CT molecular complexity index is 873. The van der Waals surface area contributed by atoms with Crippen LogP contribution in [0.5, 0.6) is 0 Å². The molecule has 0 unspecified atom stereocenters. The van der Waals surface area contributed by atoms with Gasteiger partial charge in [-0.2, -0.15) is 15.1 Å². The summed E-state index contributed by atoms with van der Waals surface area (Å²) in [6, 6.07) is 6.07. The molecule has 0 saturated carbocycles. The van der Waals surface area contributed by atoms with Crippen LogP contribution in [0.2, 0.25) is 5.02 Å². The van der Waals surface area contributed by atoms with Crippen LogP contribution in [0.1, 0.15) is 30.9 Å². The van der Waals surface area contributed by atoms with Gasteiger partial charge in [-0.15, -0.1) is 0 Å². The number of rotatable bonds is 7. The summed E-state index contributed by atoms with van der Waals surface area (Å²) in [7, 11) is 1.88. The highest BCUT2D eigenvalue weighted by atomic mass is 35.5. The number of anilines is 2. The molecule has 3 rings (SSSR count). The summed E-state index contributed by atoms with van der Waals surface area (Å²) in [6.45, 7) is 5.65. The standard InChI is InChI=1S/C18H23ClN6/c1-4-5-8-20-18-23-16(14-11-22-25(3)17(14)24-18)21-10-13-7-6-12(2)15(19)9-13/h6-7,9,11H,4-5,8,10H2,1-3H3,(H2,20,21,23,24). The molecule has 0 radical (unpaired) electrons. The number of hydrogen-bond acceptors (Lipinski definition) is 5. The third kappa shape index (κ3) is 4.02. The molecule has 0 aliphatic carbocycles. The molecule has 2 heterocycles. The number of hydrogen-bond donors (Lipinski definition) is 2. The van der Waals surface area contributed by atoms with Crippen LogP contribution < -0.4 is 10.6 Å². The molecule has 0 fully saturated rings. The van der Waals surface area contributed by atoms with Gasteiger partial charge in [0.05, 0.1) is 11.6 Å². The predicted molar refractivity (Wildman–Crippen MR) is 103 cm³/mol. The van der Waals surface area contributed by atoms with E-state index in [0.717, 1.165) is 52.4 Å². The maximum absolute atomic E-state index is 6.21. The lowest BCUT2D eigenvalue weighted by Gasteiger charge is -2.11. The Balaban J connectivity index is 1.84. The second-order valence-corrected chi connectivity index (χ2v) is 6.53. The lowest BCUT2D eigenvalue weighted by Crippen LogP contribution is -2.09. The zero-order valence-electron chi connectivity index (χ0n) is 14.8. The third-order valence-electron chi connectivity index (χ3n) is 4.10. The van der Waals surface area contributed by atoms with Crippen molar-refractivity contribution in [3.8, 4) is 0 Å². The molecule has 1 aromatic carbocycles. The highest BCUT2D eigenvalue weighted by Crippen LogP contribution is 2.23. The van der Waals surface area contributed by atoms with Crippen molar-refractivity contribution in [2.24, 2.45) is 7.05 Å². The first-order valence-corrected chi connectivity index (χ1v) is 8.88.